The highest BCUT2D eigenvalue weighted by Crippen LogP contribution is 2.27. The number of hydrogen-bond acceptors (Lipinski definition) is 4. The molecule has 0 radical (unpaired) electrons. The average Bonchev–Trinajstić information content (AvgIpc) is 2.90. The SMILES string of the molecule is CCOc1ccc(CN2CCCC(N(CC=C(C)C)c3ccc(OCc4ccccc4)cc3)C2)cc1. The highest BCUT2D eigenvalue weighted by Gasteiger charge is 2.25. The van der Waals surface area contributed by atoms with Crippen LogP contribution in [0.2, 0.25) is 0 Å². The van der Waals surface area contributed by atoms with E-state index in [9.17, 15) is 0 Å². The Morgan fingerprint density at radius 1 is 0.889 bits per heavy atom. The molecule has 1 unspecified atom stereocenters. The summed E-state index contributed by atoms with van der Waals surface area (Å²) in [4.78, 5) is 5.16. The van der Waals surface area contributed by atoms with Crippen LogP contribution >= 0.6 is 0 Å². The third-order valence-corrected chi connectivity index (χ3v) is 6.67. The van der Waals surface area contributed by atoms with Crippen LogP contribution in [0.25, 0.3) is 0 Å². The van der Waals surface area contributed by atoms with E-state index in [0.29, 0.717) is 19.3 Å². The molecule has 4 heteroatoms. The first-order valence-electron chi connectivity index (χ1n) is 13.2. The molecule has 1 aliphatic heterocycles. The Balaban J connectivity index is 1.41. The maximum Gasteiger partial charge on any atom is 0.119 e. The van der Waals surface area contributed by atoms with Gasteiger partial charge >= 0.3 is 0 Å². The molecule has 0 bridgehead atoms. The van der Waals surface area contributed by atoms with Crippen LogP contribution in [0, 0.1) is 0 Å². The molecule has 0 amide bonds. The van der Waals surface area contributed by atoms with E-state index in [-0.39, 0.29) is 0 Å². The minimum atomic E-state index is 0.480. The summed E-state index contributed by atoms with van der Waals surface area (Å²) in [5.74, 6) is 1.85. The van der Waals surface area contributed by atoms with Crippen molar-refractivity contribution in [3.8, 4) is 11.5 Å². The first-order valence-corrected chi connectivity index (χ1v) is 13.2. The summed E-state index contributed by atoms with van der Waals surface area (Å²) in [6.45, 7) is 11.8. The second kappa shape index (κ2) is 13.2. The zero-order valence-electron chi connectivity index (χ0n) is 22.0. The van der Waals surface area contributed by atoms with E-state index in [1.807, 2.05) is 25.1 Å². The molecule has 1 fully saturated rings. The van der Waals surface area contributed by atoms with Gasteiger partial charge in [0.25, 0.3) is 0 Å². The molecule has 1 saturated heterocycles. The lowest BCUT2D eigenvalue weighted by Gasteiger charge is -2.40. The van der Waals surface area contributed by atoms with Crippen LogP contribution in [0.5, 0.6) is 11.5 Å². The predicted molar refractivity (Wildman–Crippen MR) is 150 cm³/mol. The number of benzene rings is 3. The standard InChI is InChI=1S/C32H40N2O2/c1-4-35-31-16-12-27(13-17-31)23-33-21-8-11-30(24-33)34(22-20-26(2)3)29-14-18-32(19-15-29)36-25-28-9-6-5-7-10-28/h5-7,9-10,12-20,30H,4,8,11,21-25H2,1-3H3. The first-order chi connectivity index (χ1) is 17.6. The third kappa shape index (κ3) is 7.63. The Bertz CT molecular complexity index is 1070. The van der Waals surface area contributed by atoms with Gasteiger partial charge in [0.05, 0.1) is 6.61 Å². The van der Waals surface area contributed by atoms with Crippen molar-refractivity contribution < 1.29 is 9.47 Å². The molecular weight excluding hydrogens is 444 g/mol. The molecule has 1 heterocycles. The molecule has 190 valence electrons. The summed E-state index contributed by atoms with van der Waals surface area (Å²) in [5, 5.41) is 0. The summed E-state index contributed by atoms with van der Waals surface area (Å²) in [7, 11) is 0. The highest BCUT2D eigenvalue weighted by atomic mass is 16.5. The predicted octanol–water partition coefficient (Wildman–Crippen LogP) is 7.10. The molecular formula is C32H40N2O2. The zero-order valence-corrected chi connectivity index (χ0v) is 22.0. The fraction of sp³-hybridized carbons (Fsp3) is 0.375. The maximum atomic E-state index is 6.03. The Labute approximate surface area is 217 Å². The van der Waals surface area contributed by atoms with E-state index in [2.05, 4.69) is 90.4 Å². The number of anilines is 1. The quantitative estimate of drug-likeness (QED) is 0.271. The second-order valence-electron chi connectivity index (χ2n) is 9.81. The van der Waals surface area contributed by atoms with Gasteiger partial charge in [0.2, 0.25) is 0 Å². The highest BCUT2D eigenvalue weighted by molar-refractivity contribution is 5.51. The van der Waals surface area contributed by atoms with Gasteiger partial charge in [-0.05, 0) is 87.7 Å². The number of likely N-dealkylation sites (tertiary alicyclic amines) is 1. The first kappa shape index (κ1) is 25.8. The molecule has 3 aromatic carbocycles. The minimum absolute atomic E-state index is 0.480. The lowest BCUT2D eigenvalue weighted by atomic mass is 10.0. The zero-order chi connectivity index (χ0) is 25.2. The Kier molecular flexibility index (Phi) is 9.46. The van der Waals surface area contributed by atoms with Crippen molar-refractivity contribution in [1.82, 2.24) is 4.90 Å². The molecule has 1 aliphatic rings. The van der Waals surface area contributed by atoms with Gasteiger partial charge < -0.3 is 14.4 Å². The molecule has 0 aromatic heterocycles. The van der Waals surface area contributed by atoms with Crippen molar-refractivity contribution in [2.24, 2.45) is 0 Å². The van der Waals surface area contributed by atoms with Crippen molar-refractivity contribution >= 4 is 5.69 Å². The molecule has 0 saturated carbocycles. The maximum absolute atomic E-state index is 6.03. The van der Waals surface area contributed by atoms with Gasteiger partial charge in [0.15, 0.2) is 0 Å². The van der Waals surface area contributed by atoms with Gasteiger partial charge in [-0.3, -0.25) is 4.90 Å². The van der Waals surface area contributed by atoms with Gasteiger partial charge in [-0.2, -0.15) is 0 Å². The van der Waals surface area contributed by atoms with Crippen molar-refractivity contribution in [3.63, 3.8) is 0 Å². The van der Waals surface area contributed by atoms with Crippen LogP contribution in [0.1, 0.15) is 44.7 Å². The van der Waals surface area contributed by atoms with E-state index >= 15 is 0 Å². The van der Waals surface area contributed by atoms with Crippen LogP contribution in [0.4, 0.5) is 5.69 Å². The fourth-order valence-electron chi connectivity index (χ4n) is 4.77. The molecule has 1 atom stereocenters. The van der Waals surface area contributed by atoms with Crippen molar-refractivity contribution in [1.29, 1.82) is 0 Å². The number of hydrogen-bond donors (Lipinski definition) is 0. The third-order valence-electron chi connectivity index (χ3n) is 6.67. The Hall–Kier alpha value is -3.24. The Morgan fingerprint density at radius 2 is 1.58 bits per heavy atom. The lowest BCUT2D eigenvalue weighted by Crippen LogP contribution is -2.48. The molecule has 0 N–H and O–H groups in total. The van der Waals surface area contributed by atoms with Gasteiger partial charge in [-0.25, -0.2) is 0 Å². The van der Waals surface area contributed by atoms with Gasteiger partial charge in [0.1, 0.15) is 18.1 Å². The number of rotatable bonds is 11. The molecule has 0 aliphatic carbocycles. The number of allylic oxidation sites excluding steroid dienone is 1. The van der Waals surface area contributed by atoms with Crippen LogP contribution in [-0.2, 0) is 13.2 Å². The summed E-state index contributed by atoms with van der Waals surface area (Å²) in [6, 6.07) is 28.0. The summed E-state index contributed by atoms with van der Waals surface area (Å²) in [6.07, 6.45) is 4.76. The van der Waals surface area contributed by atoms with Crippen LogP contribution in [-0.4, -0.2) is 37.2 Å². The van der Waals surface area contributed by atoms with E-state index in [4.69, 9.17) is 9.47 Å². The second-order valence-corrected chi connectivity index (χ2v) is 9.81. The average molecular weight is 485 g/mol. The molecule has 36 heavy (non-hydrogen) atoms. The minimum Gasteiger partial charge on any atom is -0.494 e. The summed E-state index contributed by atoms with van der Waals surface area (Å²) < 4.78 is 11.6. The fourth-order valence-corrected chi connectivity index (χ4v) is 4.77. The van der Waals surface area contributed by atoms with Crippen molar-refractivity contribution in [2.45, 2.75) is 52.8 Å². The van der Waals surface area contributed by atoms with Gasteiger partial charge in [-0.1, -0.05) is 54.1 Å². The smallest absolute Gasteiger partial charge is 0.119 e. The monoisotopic (exact) mass is 484 g/mol. The normalized spacial score (nSPS) is 15.8. The largest absolute Gasteiger partial charge is 0.494 e. The molecule has 3 aromatic rings. The number of nitrogens with zero attached hydrogens (tertiary/aromatic N) is 2. The van der Waals surface area contributed by atoms with E-state index < -0.39 is 0 Å². The summed E-state index contributed by atoms with van der Waals surface area (Å²) >= 11 is 0. The van der Waals surface area contributed by atoms with Crippen LogP contribution in [0.3, 0.4) is 0 Å². The molecule has 4 nitrogen and oxygen atoms in total. The van der Waals surface area contributed by atoms with E-state index in [1.165, 1.54) is 35.2 Å². The van der Waals surface area contributed by atoms with Crippen molar-refractivity contribution in [3.05, 3.63) is 102 Å². The van der Waals surface area contributed by atoms with Crippen LogP contribution in [0.15, 0.2) is 90.5 Å². The van der Waals surface area contributed by atoms with Crippen molar-refractivity contribution in [2.75, 3.05) is 31.1 Å². The van der Waals surface area contributed by atoms with Crippen LogP contribution < -0.4 is 14.4 Å². The van der Waals surface area contributed by atoms with Gasteiger partial charge in [-0.15, -0.1) is 0 Å². The number of ether oxygens (including phenoxy) is 2. The lowest BCUT2D eigenvalue weighted by molar-refractivity contribution is 0.197. The summed E-state index contributed by atoms with van der Waals surface area (Å²) in [5.41, 5.74) is 5.13. The van der Waals surface area contributed by atoms with E-state index in [0.717, 1.165) is 37.7 Å². The number of piperidine rings is 1. The van der Waals surface area contributed by atoms with Gasteiger partial charge in [0, 0.05) is 31.4 Å². The topological polar surface area (TPSA) is 24.9 Å². The Morgan fingerprint density at radius 3 is 2.28 bits per heavy atom. The molecule has 0 spiro atoms. The van der Waals surface area contributed by atoms with E-state index in [1.54, 1.807) is 0 Å². The molecule has 4 rings (SSSR count).